The lowest BCUT2D eigenvalue weighted by atomic mass is 9.92. The highest BCUT2D eigenvalue weighted by molar-refractivity contribution is 7.16. The number of fused-ring (bicyclic) bond motifs is 1. The van der Waals surface area contributed by atoms with Gasteiger partial charge < -0.3 is 20.1 Å². The van der Waals surface area contributed by atoms with Gasteiger partial charge in [0.1, 0.15) is 41.8 Å². The minimum absolute atomic E-state index is 0.000503. The first-order valence-electron chi connectivity index (χ1n) is 12.4. The first kappa shape index (κ1) is 29.5. The van der Waals surface area contributed by atoms with Crippen LogP contribution in [0.3, 0.4) is 0 Å². The zero-order chi connectivity index (χ0) is 30.8. The fourth-order valence-corrected chi connectivity index (χ4v) is 5.88. The SMILES string of the molecule is Cc1nc([C@@H]2O[C@H](CO)[C@H](O)[C@H](n3cc(-c4cc5scnc5c(F)c4F)cn3)[C@H]2O)n(-c2cc(Cl)cnc2C(F)(F)F)n1. The summed E-state index contributed by atoms with van der Waals surface area (Å²) in [6.07, 6.45) is -7.97. The van der Waals surface area contributed by atoms with Crippen molar-refractivity contribution in [3.63, 3.8) is 0 Å². The Bertz CT molecular complexity index is 1830. The molecule has 1 aromatic carbocycles. The number of hydrogen-bond acceptors (Lipinski definition) is 10. The molecule has 0 unspecified atom stereocenters. The Kier molecular flexibility index (Phi) is 7.42. The van der Waals surface area contributed by atoms with E-state index in [1.807, 2.05) is 0 Å². The summed E-state index contributed by atoms with van der Waals surface area (Å²) in [4.78, 5) is 11.4. The fourth-order valence-electron chi connectivity index (χ4n) is 5.02. The zero-order valence-corrected chi connectivity index (χ0v) is 23.2. The number of alkyl halides is 3. The molecule has 5 heterocycles. The van der Waals surface area contributed by atoms with E-state index in [0.29, 0.717) is 4.70 Å². The summed E-state index contributed by atoms with van der Waals surface area (Å²) in [6.45, 7) is 0.625. The molecular weight excluding hydrogens is 625 g/mol. The van der Waals surface area contributed by atoms with Crippen LogP contribution in [0.5, 0.6) is 0 Å². The quantitative estimate of drug-likeness (QED) is 0.244. The van der Waals surface area contributed by atoms with Gasteiger partial charge in [-0.3, -0.25) is 4.68 Å². The summed E-state index contributed by atoms with van der Waals surface area (Å²) in [5.41, 5.74) is -0.782. The summed E-state index contributed by atoms with van der Waals surface area (Å²) >= 11 is 7.05. The molecule has 1 aliphatic heterocycles. The van der Waals surface area contributed by atoms with Gasteiger partial charge in [-0.25, -0.2) is 28.4 Å². The molecule has 18 heteroatoms. The van der Waals surface area contributed by atoms with E-state index in [-0.39, 0.29) is 33.3 Å². The molecule has 4 aromatic heterocycles. The summed E-state index contributed by atoms with van der Waals surface area (Å²) < 4.78 is 79.1. The van der Waals surface area contributed by atoms with Crippen LogP contribution in [0.1, 0.15) is 29.5 Å². The Labute approximate surface area is 246 Å². The van der Waals surface area contributed by atoms with E-state index in [1.165, 1.54) is 30.9 Å². The number of rotatable bonds is 5. The van der Waals surface area contributed by atoms with Gasteiger partial charge in [0.25, 0.3) is 0 Å². The fraction of sp³-hybridized carbons (Fsp3) is 0.320. The first-order chi connectivity index (χ1) is 20.4. The van der Waals surface area contributed by atoms with Crippen LogP contribution in [-0.2, 0) is 10.9 Å². The normalized spacial score (nSPS) is 22.9. The third-order valence-electron chi connectivity index (χ3n) is 6.94. The molecular formula is C25H19ClF5N7O4S. The number of aryl methyl sites for hydroxylation is 1. The van der Waals surface area contributed by atoms with Crippen LogP contribution < -0.4 is 0 Å². The second-order valence-corrected chi connectivity index (χ2v) is 11.0. The Morgan fingerprint density at radius 2 is 1.86 bits per heavy atom. The molecule has 1 saturated heterocycles. The molecule has 1 fully saturated rings. The van der Waals surface area contributed by atoms with Crippen LogP contribution in [0.2, 0.25) is 5.02 Å². The number of halogens is 6. The predicted octanol–water partition coefficient (Wildman–Crippen LogP) is 3.79. The number of benzene rings is 1. The van der Waals surface area contributed by atoms with E-state index in [4.69, 9.17) is 16.3 Å². The van der Waals surface area contributed by atoms with Gasteiger partial charge in [0.2, 0.25) is 0 Å². The number of aromatic nitrogens is 7. The number of aliphatic hydroxyl groups excluding tert-OH is 3. The largest absolute Gasteiger partial charge is 0.435 e. The Morgan fingerprint density at radius 3 is 2.58 bits per heavy atom. The maximum atomic E-state index is 14.9. The van der Waals surface area contributed by atoms with Crippen molar-refractivity contribution in [1.29, 1.82) is 0 Å². The highest BCUT2D eigenvalue weighted by atomic mass is 35.5. The van der Waals surface area contributed by atoms with Gasteiger partial charge in [-0.1, -0.05) is 11.6 Å². The molecule has 5 aromatic rings. The minimum atomic E-state index is -4.92. The third-order valence-corrected chi connectivity index (χ3v) is 7.92. The maximum absolute atomic E-state index is 14.9. The molecule has 43 heavy (non-hydrogen) atoms. The van der Waals surface area contributed by atoms with Crippen LogP contribution in [-0.4, -0.2) is 74.8 Å². The van der Waals surface area contributed by atoms with Gasteiger partial charge in [0.05, 0.1) is 33.7 Å². The van der Waals surface area contributed by atoms with E-state index in [1.54, 1.807) is 0 Å². The number of ether oxygens (including phenoxy) is 1. The van der Waals surface area contributed by atoms with Crippen molar-refractivity contribution in [2.24, 2.45) is 0 Å². The predicted molar refractivity (Wildman–Crippen MR) is 140 cm³/mol. The molecule has 6 rings (SSSR count). The molecule has 0 amide bonds. The van der Waals surface area contributed by atoms with Gasteiger partial charge in [-0.15, -0.1) is 11.3 Å². The van der Waals surface area contributed by atoms with Crippen molar-refractivity contribution in [2.45, 2.75) is 43.6 Å². The summed E-state index contributed by atoms with van der Waals surface area (Å²) in [6, 6.07) is 0.952. The average Bonchev–Trinajstić information content (AvgIpc) is 3.70. The number of aliphatic hydroxyl groups is 3. The van der Waals surface area contributed by atoms with Crippen LogP contribution in [0, 0.1) is 18.6 Å². The Hall–Kier alpha value is -3.61. The highest BCUT2D eigenvalue weighted by Crippen LogP contribution is 2.41. The van der Waals surface area contributed by atoms with Crippen LogP contribution in [0.4, 0.5) is 22.0 Å². The lowest BCUT2D eigenvalue weighted by molar-refractivity contribution is -0.210. The van der Waals surface area contributed by atoms with E-state index in [0.717, 1.165) is 33.0 Å². The van der Waals surface area contributed by atoms with E-state index < -0.39 is 66.3 Å². The monoisotopic (exact) mass is 643 g/mol. The van der Waals surface area contributed by atoms with Gasteiger partial charge >= 0.3 is 6.18 Å². The second kappa shape index (κ2) is 10.8. The molecule has 1 aliphatic rings. The molecule has 3 N–H and O–H groups in total. The average molecular weight is 644 g/mol. The van der Waals surface area contributed by atoms with Crippen molar-refractivity contribution in [1.82, 2.24) is 34.5 Å². The van der Waals surface area contributed by atoms with E-state index in [9.17, 15) is 37.3 Å². The molecule has 5 atom stereocenters. The number of pyridine rings is 1. The maximum Gasteiger partial charge on any atom is 0.435 e. The molecule has 0 saturated carbocycles. The van der Waals surface area contributed by atoms with Crippen molar-refractivity contribution in [2.75, 3.05) is 6.61 Å². The second-order valence-electron chi connectivity index (χ2n) is 9.66. The van der Waals surface area contributed by atoms with Crippen LogP contribution >= 0.6 is 22.9 Å². The molecule has 0 bridgehead atoms. The lowest BCUT2D eigenvalue weighted by Gasteiger charge is -2.41. The topological polar surface area (TPSA) is 144 Å². The number of nitrogens with zero attached hydrogens (tertiary/aromatic N) is 7. The van der Waals surface area contributed by atoms with Crippen LogP contribution in [0.15, 0.2) is 36.2 Å². The lowest BCUT2D eigenvalue weighted by Crippen LogP contribution is -2.53. The van der Waals surface area contributed by atoms with Gasteiger partial charge in [-0.2, -0.15) is 23.4 Å². The van der Waals surface area contributed by atoms with Gasteiger partial charge in [0.15, 0.2) is 23.2 Å². The zero-order valence-electron chi connectivity index (χ0n) is 21.6. The van der Waals surface area contributed by atoms with Crippen LogP contribution in [0.25, 0.3) is 27.0 Å². The molecule has 0 aliphatic carbocycles. The van der Waals surface area contributed by atoms with E-state index >= 15 is 0 Å². The standard InChI is InChI=1S/C25H19ClF5N7O4S/c1-9-35-24(38(36-9)13-2-11(26)5-32-23(13)25(29,30)31)22-21(41)19(20(40)14(7-39)42-22)37-6-10(4-34-37)12-3-15-18(33-8-43-15)17(28)16(12)27/h2-6,8,14,19-22,39-41H,7H2,1H3/t14-,19+,20+,21-,22-/m1/s1. The van der Waals surface area contributed by atoms with Gasteiger partial charge in [-0.05, 0) is 19.1 Å². The van der Waals surface area contributed by atoms with Gasteiger partial charge in [0, 0.05) is 23.5 Å². The van der Waals surface area contributed by atoms with Crippen molar-refractivity contribution in [3.05, 3.63) is 70.2 Å². The molecule has 226 valence electrons. The minimum Gasteiger partial charge on any atom is -0.394 e. The molecule has 11 nitrogen and oxygen atoms in total. The van der Waals surface area contributed by atoms with Crippen molar-refractivity contribution >= 4 is 33.2 Å². The molecule has 0 radical (unpaired) electrons. The number of thiazole rings is 1. The van der Waals surface area contributed by atoms with Crippen molar-refractivity contribution in [3.8, 4) is 16.8 Å². The third kappa shape index (κ3) is 5.04. The summed E-state index contributed by atoms with van der Waals surface area (Å²) in [5.74, 6) is -2.65. The Morgan fingerprint density at radius 1 is 1.09 bits per heavy atom. The Balaban J connectivity index is 1.43. The summed E-state index contributed by atoms with van der Waals surface area (Å²) in [7, 11) is 0. The smallest absolute Gasteiger partial charge is 0.394 e. The van der Waals surface area contributed by atoms with Crippen molar-refractivity contribution < 1.29 is 42.0 Å². The summed E-state index contributed by atoms with van der Waals surface area (Å²) in [5, 5.41) is 40.5. The first-order valence-corrected chi connectivity index (χ1v) is 13.7. The highest BCUT2D eigenvalue weighted by Gasteiger charge is 2.49. The molecule has 0 spiro atoms. The van der Waals surface area contributed by atoms with E-state index in [2.05, 4.69) is 25.1 Å². The number of hydrogen-bond donors (Lipinski definition) is 3.